The van der Waals surface area contributed by atoms with Gasteiger partial charge in [-0.05, 0) is 96.3 Å². The third kappa shape index (κ3) is 39.8. The van der Waals surface area contributed by atoms with Crippen molar-refractivity contribution in [3.8, 4) is 0 Å². The van der Waals surface area contributed by atoms with Crippen molar-refractivity contribution in [2.45, 2.75) is 167 Å². The molecule has 0 aliphatic carbocycles. The second kappa shape index (κ2) is 40.0. The van der Waals surface area contributed by atoms with E-state index in [2.05, 4.69) is 84.4 Å². The number of aliphatic carboxylic acids is 1. The van der Waals surface area contributed by atoms with E-state index >= 15 is 0 Å². The van der Waals surface area contributed by atoms with Crippen LogP contribution in [0.2, 0.25) is 0 Å². The van der Waals surface area contributed by atoms with Gasteiger partial charge in [0.15, 0.2) is 6.10 Å². The first-order valence-corrected chi connectivity index (χ1v) is 23.2. The summed E-state index contributed by atoms with van der Waals surface area (Å²) < 4.78 is 32.6. The van der Waals surface area contributed by atoms with E-state index in [1.165, 1.54) is 19.3 Å². The lowest BCUT2D eigenvalue weighted by Gasteiger charge is -2.20. The topological polar surface area (TPSA) is 192 Å². The Bertz CT molecular complexity index is 1340. The zero-order chi connectivity index (χ0) is 43.7. The predicted octanol–water partition coefficient (Wildman–Crippen LogP) is 10.5. The van der Waals surface area contributed by atoms with E-state index in [0.717, 1.165) is 83.5 Å². The molecule has 0 fully saturated rings. The Morgan fingerprint density at radius 2 is 1.05 bits per heavy atom. The number of nitrogens with two attached hydrogens (primary N) is 1. The quantitative estimate of drug-likeness (QED) is 0.0198. The summed E-state index contributed by atoms with van der Waals surface area (Å²) in [6.07, 6.45) is 45.9. The van der Waals surface area contributed by atoms with Crippen molar-refractivity contribution in [1.82, 2.24) is 0 Å². The summed E-state index contributed by atoms with van der Waals surface area (Å²) in [7, 11) is -4.75. The van der Waals surface area contributed by atoms with Crippen molar-refractivity contribution < 1.29 is 52.6 Å². The average Bonchev–Trinajstić information content (AvgIpc) is 3.21. The van der Waals surface area contributed by atoms with Crippen molar-refractivity contribution in [3.05, 3.63) is 85.1 Å². The van der Waals surface area contributed by atoms with Crippen LogP contribution in [0.15, 0.2) is 85.1 Å². The summed E-state index contributed by atoms with van der Waals surface area (Å²) in [5.74, 6) is -2.52. The molecular weight excluding hydrogens is 773 g/mol. The van der Waals surface area contributed by atoms with Gasteiger partial charge >= 0.3 is 25.7 Å². The minimum atomic E-state index is -4.75. The van der Waals surface area contributed by atoms with Gasteiger partial charge in [0.1, 0.15) is 12.6 Å². The van der Waals surface area contributed by atoms with E-state index in [4.69, 9.17) is 24.8 Å². The van der Waals surface area contributed by atoms with Gasteiger partial charge in [-0.25, -0.2) is 4.57 Å². The molecule has 0 spiro atoms. The third-order valence-electron chi connectivity index (χ3n) is 8.78. The average molecular weight is 850 g/mol. The number of ether oxygens (including phenoxy) is 2. The maximum atomic E-state index is 12.6. The number of aliphatic hydroxyl groups is 1. The number of unbranched alkanes of at least 4 members (excludes halogenated alkanes) is 8. The van der Waals surface area contributed by atoms with Crippen LogP contribution in [0.5, 0.6) is 0 Å². The number of carbonyl (C=O) groups excluding carboxylic acids is 2. The van der Waals surface area contributed by atoms with E-state index in [1.807, 2.05) is 19.1 Å². The lowest BCUT2D eigenvalue weighted by molar-refractivity contribution is -0.161. The predicted molar refractivity (Wildman–Crippen MR) is 236 cm³/mol. The van der Waals surface area contributed by atoms with Crippen LogP contribution < -0.4 is 5.73 Å². The van der Waals surface area contributed by atoms with Crippen LogP contribution in [0.25, 0.3) is 0 Å². The number of hydrogen-bond acceptors (Lipinski definition) is 10. The van der Waals surface area contributed by atoms with Gasteiger partial charge in [-0.15, -0.1) is 0 Å². The van der Waals surface area contributed by atoms with Crippen LogP contribution in [0, 0.1) is 0 Å². The molecule has 5 N–H and O–H groups in total. The van der Waals surface area contributed by atoms with E-state index in [0.29, 0.717) is 19.3 Å². The Morgan fingerprint density at radius 3 is 1.58 bits per heavy atom. The van der Waals surface area contributed by atoms with E-state index in [1.54, 1.807) is 0 Å². The standard InChI is InChI=1S/C46H76NO11P/c1-3-5-6-7-8-9-10-11-12-13-14-18-21-24-27-30-33-36-44(49)55-38-42(39-56-59(53,54)57-40-43(47)46(51)52)58-45(50)37-34-31-28-25-22-19-16-15-17-20-23-26-29-32-35-41(48)4-2/h8-9,11-12,14,16-20,25-26,28-29,41-43,48H,3-7,10,13,15,21-24,27,30-40,47H2,1-2H3,(H,51,52)(H,53,54)/b9-8-,12-11-,18-14-,19-16-,20-17-,28-25-,29-26-/t41-,42-,43+/m1/s1. The number of carboxylic acid groups (broad SMARTS) is 1. The molecule has 0 aromatic carbocycles. The van der Waals surface area contributed by atoms with E-state index < -0.39 is 57.7 Å². The first kappa shape index (κ1) is 55.6. The fourth-order valence-corrected chi connectivity index (χ4v) is 5.94. The minimum absolute atomic E-state index is 0.0620. The Kier molecular flexibility index (Phi) is 37.8. The molecule has 4 atom stereocenters. The first-order valence-electron chi connectivity index (χ1n) is 21.7. The molecule has 0 aliphatic rings. The van der Waals surface area contributed by atoms with Crippen molar-refractivity contribution in [3.63, 3.8) is 0 Å². The fourth-order valence-electron chi connectivity index (χ4n) is 5.16. The number of hydrogen-bond donors (Lipinski definition) is 4. The van der Waals surface area contributed by atoms with Crippen LogP contribution >= 0.6 is 7.82 Å². The second-order valence-corrected chi connectivity index (χ2v) is 15.7. The van der Waals surface area contributed by atoms with Gasteiger partial charge in [0.05, 0.1) is 19.3 Å². The van der Waals surface area contributed by atoms with Crippen molar-refractivity contribution in [2.75, 3.05) is 19.8 Å². The molecule has 13 heteroatoms. The van der Waals surface area contributed by atoms with Gasteiger partial charge in [0.25, 0.3) is 0 Å². The van der Waals surface area contributed by atoms with Gasteiger partial charge in [0.2, 0.25) is 0 Å². The van der Waals surface area contributed by atoms with Crippen LogP contribution in [-0.2, 0) is 37.5 Å². The van der Waals surface area contributed by atoms with E-state index in [9.17, 15) is 28.9 Å². The van der Waals surface area contributed by atoms with Crippen LogP contribution in [-0.4, -0.2) is 71.1 Å². The molecule has 1 unspecified atom stereocenters. The molecule has 0 radical (unpaired) electrons. The smallest absolute Gasteiger partial charge is 0.472 e. The third-order valence-corrected chi connectivity index (χ3v) is 9.73. The fraction of sp³-hybridized carbons (Fsp3) is 0.630. The van der Waals surface area contributed by atoms with Gasteiger partial charge in [-0.2, -0.15) is 0 Å². The highest BCUT2D eigenvalue weighted by Crippen LogP contribution is 2.43. The molecule has 0 aliphatic heterocycles. The number of carbonyl (C=O) groups is 3. The number of phosphoric acid groups is 1. The Labute approximate surface area is 355 Å². The number of esters is 2. The zero-order valence-corrected chi connectivity index (χ0v) is 36.8. The lowest BCUT2D eigenvalue weighted by atomic mass is 10.1. The monoisotopic (exact) mass is 850 g/mol. The Balaban J connectivity index is 4.54. The van der Waals surface area contributed by atoms with E-state index in [-0.39, 0.29) is 18.9 Å². The molecule has 12 nitrogen and oxygen atoms in total. The summed E-state index contributed by atoms with van der Waals surface area (Å²) >= 11 is 0. The first-order chi connectivity index (χ1) is 28.5. The van der Waals surface area contributed by atoms with Crippen LogP contribution in [0.1, 0.15) is 149 Å². The SMILES string of the molecule is CCCCC/C=C\C/C=C\C/C=C\CCCCCCC(=O)OC[C@H](COP(=O)(O)OC[C@H](N)C(=O)O)OC(=O)CCC/C=C\C/C=C\C/C=C\C/C=C\CC[C@H](O)CC. The molecule has 0 rings (SSSR count). The number of rotatable bonds is 39. The largest absolute Gasteiger partial charge is 0.480 e. The van der Waals surface area contributed by atoms with Crippen molar-refractivity contribution in [2.24, 2.45) is 5.73 Å². The summed E-state index contributed by atoms with van der Waals surface area (Å²) in [6.45, 7) is 2.39. The van der Waals surface area contributed by atoms with Gasteiger partial charge in [0, 0.05) is 12.8 Å². The molecule has 0 bridgehead atoms. The highest BCUT2D eigenvalue weighted by molar-refractivity contribution is 7.47. The maximum Gasteiger partial charge on any atom is 0.472 e. The Hall–Kier alpha value is -3.38. The molecular formula is C46H76NO11P. The molecule has 0 saturated carbocycles. The minimum Gasteiger partial charge on any atom is -0.480 e. The summed E-state index contributed by atoms with van der Waals surface area (Å²) in [5.41, 5.74) is 5.32. The molecule has 0 amide bonds. The second-order valence-electron chi connectivity index (χ2n) is 14.3. The van der Waals surface area contributed by atoms with Crippen LogP contribution in [0.3, 0.4) is 0 Å². The molecule has 0 aromatic rings. The normalized spacial score (nSPS) is 15.1. The molecule has 336 valence electrons. The number of phosphoric ester groups is 1. The summed E-state index contributed by atoms with van der Waals surface area (Å²) in [4.78, 5) is 45.9. The molecule has 59 heavy (non-hydrogen) atoms. The molecule has 0 heterocycles. The number of carboxylic acids is 1. The van der Waals surface area contributed by atoms with Crippen molar-refractivity contribution in [1.29, 1.82) is 0 Å². The number of aliphatic hydroxyl groups excluding tert-OH is 1. The van der Waals surface area contributed by atoms with Crippen molar-refractivity contribution >= 4 is 25.7 Å². The molecule has 0 aromatic heterocycles. The lowest BCUT2D eigenvalue weighted by Crippen LogP contribution is -2.34. The van der Waals surface area contributed by atoms with Gasteiger partial charge in [-0.3, -0.25) is 23.4 Å². The van der Waals surface area contributed by atoms with Gasteiger partial charge < -0.3 is 30.3 Å². The maximum absolute atomic E-state index is 12.6. The number of allylic oxidation sites excluding steroid dienone is 14. The van der Waals surface area contributed by atoms with Gasteiger partial charge in [-0.1, -0.05) is 125 Å². The van der Waals surface area contributed by atoms with Crippen LogP contribution in [0.4, 0.5) is 0 Å². The molecule has 0 saturated heterocycles. The highest BCUT2D eigenvalue weighted by Gasteiger charge is 2.28. The summed E-state index contributed by atoms with van der Waals surface area (Å²) in [6, 6.07) is -1.54. The summed E-state index contributed by atoms with van der Waals surface area (Å²) in [5, 5.41) is 18.4. The Morgan fingerprint density at radius 1 is 0.593 bits per heavy atom. The zero-order valence-electron chi connectivity index (χ0n) is 35.9. The highest BCUT2D eigenvalue weighted by atomic mass is 31.2.